The van der Waals surface area contributed by atoms with E-state index in [4.69, 9.17) is 5.73 Å². The number of nitro groups is 1. The maximum Gasteiger partial charge on any atom is 0.275 e. The Morgan fingerprint density at radius 2 is 2.30 bits per heavy atom. The molecule has 0 unspecified atom stereocenters. The number of hydrogen-bond acceptors (Lipinski definition) is 5. The molecule has 2 rings (SSSR count). The summed E-state index contributed by atoms with van der Waals surface area (Å²) in [7, 11) is 0. The minimum absolute atomic E-state index is 0.0866. The lowest BCUT2D eigenvalue weighted by Gasteiger charge is -2.02. The zero-order valence-corrected chi connectivity index (χ0v) is 10.5. The molecule has 104 valence electrons. The molecule has 1 aromatic heterocycles. The van der Waals surface area contributed by atoms with Crippen LogP contribution in [-0.4, -0.2) is 26.9 Å². The number of non-ortho nitro benzene ring substituents is 1. The van der Waals surface area contributed by atoms with Crippen molar-refractivity contribution in [2.75, 3.05) is 11.9 Å². The summed E-state index contributed by atoms with van der Waals surface area (Å²) in [6, 6.07) is 5.71. The molecule has 2 aromatic rings. The highest BCUT2D eigenvalue weighted by atomic mass is 16.6. The molecule has 0 saturated heterocycles. The van der Waals surface area contributed by atoms with Crippen LogP contribution in [0.25, 0.3) is 0 Å². The molecule has 8 nitrogen and oxygen atoms in total. The molecule has 0 saturated carbocycles. The Hall–Kier alpha value is -2.74. The molecular formula is C12H13N5O3. The van der Waals surface area contributed by atoms with Crippen LogP contribution < -0.4 is 11.1 Å². The van der Waals surface area contributed by atoms with E-state index in [1.807, 2.05) is 0 Å². The van der Waals surface area contributed by atoms with Gasteiger partial charge in [-0.25, -0.2) is 4.98 Å². The fourth-order valence-electron chi connectivity index (χ4n) is 1.64. The van der Waals surface area contributed by atoms with Crippen molar-refractivity contribution in [3.8, 4) is 0 Å². The van der Waals surface area contributed by atoms with Crippen LogP contribution in [0, 0.1) is 10.1 Å². The third kappa shape index (κ3) is 3.18. The highest BCUT2D eigenvalue weighted by molar-refractivity contribution is 6.02. The summed E-state index contributed by atoms with van der Waals surface area (Å²) < 4.78 is 1.70. The Balaban J connectivity index is 2.10. The van der Waals surface area contributed by atoms with Crippen LogP contribution >= 0.6 is 0 Å². The van der Waals surface area contributed by atoms with E-state index in [1.54, 1.807) is 16.8 Å². The van der Waals surface area contributed by atoms with Gasteiger partial charge in [-0.1, -0.05) is 6.07 Å². The molecule has 8 heteroatoms. The fraction of sp³-hybridized carbons (Fsp3) is 0.167. The van der Waals surface area contributed by atoms with Crippen molar-refractivity contribution < 1.29 is 9.72 Å². The second-order valence-corrected chi connectivity index (χ2v) is 4.05. The van der Waals surface area contributed by atoms with Crippen LogP contribution in [0.5, 0.6) is 0 Å². The summed E-state index contributed by atoms with van der Waals surface area (Å²) in [5.41, 5.74) is 5.89. The Kier molecular flexibility index (Phi) is 4.06. The largest absolute Gasteiger partial charge is 0.335 e. The van der Waals surface area contributed by atoms with E-state index in [0.717, 1.165) is 0 Å². The summed E-state index contributed by atoms with van der Waals surface area (Å²) in [6.45, 7) is 1.01. The maximum atomic E-state index is 11.9. The van der Waals surface area contributed by atoms with Gasteiger partial charge in [0.1, 0.15) is 5.69 Å². The predicted octanol–water partition coefficient (Wildman–Crippen LogP) is 1.00. The number of anilines is 1. The molecule has 1 aromatic carbocycles. The predicted molar refractivity (Wildman–Crippen MR) is 72.3 cm³/mol. The summed E-state index contributed by atoms with van der Waals surface area (Å²) in [5.74, 6) is -0.429. The number of rotatable bonds is 5. The van der Waals surface area contributed by atoms with E-state index in [1.165, 1.54) is 24.5 Å². The number of nitrogens with zero attached hydrogens (tertiary/aromatic N) is 3. The van der Waals surface area contributed by atoms with Crippen molar-refractivity contribution in [3.05, 3.63) is 52.6 Å². The monoisotopic (exact) mass is 275 g/mol. The topological polar surface area (TPSA) is 116 Å². The average Bonchev–Trinajstić information content (AvgIpc) is 2.88. The van der Waals surface area contributed by atoms with Gasteiger partial charge in [-0.2, -0.15) is 0 Å². The van der Waals surface area contributed by atoms with Gasteiger partial charge in [-0.3, -0.25) is 14.9 Å². The van der Waals surface area contributed by atoms with Gasteiger partial charge in [0, 0.05) is 37.1 Å². The van der Waals surface area contributed by atoms with Crippen molar-refractivity contribution in [1.82, 2.24) is 9.55 Å². The van der Waals surface area contributed by atoms with Crippen LogP contribution in [0.4, 0.5) is 11.4 Å². The van der Waals surface area contributed by atoms with Crippen LogP contribution in [-0.2, 0) is 6.54 Å². The third-order valence-electron chi connectivity index (χ3n) is 2.57. The van der Waals surface area contributed by atoms with E-state index < -0.39 is 10.8 Å². The first-order chi connectivity index (χ1) is 9.60. The molecule has 0 aliphatic rings. The standard InChI is InChI=1S/C12H13N5O3/c13-4-5-16-7-11(14-8-16)12(18)15-9-2-1-3-10(6-9)17(19)20/h1-3,6-8H,4-5,13H2,(H,15,18). The number of carbonyl (C=O) groups is 1. The molecule has 0 radical (unpaired) electrons. The number of hydrogen-bond donors (Lipinski definition) is 2. The molecule has 20 heavy (non-hydrogen) atoms. The highest BCUT2D eigenvalue weighted by Crippen LogP contribution is 2.17. The van der Waals surface area contributed by atoms with Gasteiger partial charge in [0.05, 0.1) is 11.3 Å². The first-order valence-corrected chi connectivity index (χ1v) is 5.88. The zero-order chi connectivity index (χ0) is 14.5. The molecule has 0 aliphatic heterocycles. The number of nitrogens with two attached hydrogens (primary N) is 1. The highest BCUT2D eigenvalue weighted by Gasteiger charge is 2.11. The summed E-state index contributed by atoms with van der Waals surface area (Å²) in [4.78, 5) is 26.0. The summed E-state index contributed by atoms with van der Waals surface area (Å²) in [5, 5.41) is 13.2. The third-order valence-corrected chi connectivity index (χ3v) is 2.57. The van der Waals surface area contributed by atoms with E-state index in [0.29, 0.717) is 18.8 Å². The van der Waals surface area contributed by atoms with E-state index in [9.17, 15) is 14.9 Å². The molecule has 3 N–H and O–H groups in total. The number of benzene rings is 1. The van der Waals surface area contributed by atoms with Crippen molar-refractivity contribution in [3.63, 3.8) is 0 Å². The summed E-state index contributed by atoms with van der Waals surface area (Å²) >= 11 is 0. The van der Waals surface area contributed by atoms with Gasteiger partial charge in [-0.15, -0.1) is 0 Å². The Morgan fingerprint density at radius 3 is 3.00 bits per heavy atom. The van der Waals surface area contributed by atoms with E-state index in [2.05, 4.69) is 10.3 Å². The molecule has 0 spiro atoms. The minimum atomic E-state index is -0.522. The van der Waals surface area contributed by atoms with E-state index in [-0.39, 0.29) is 11.4 Å². The minimum Gasteiger partial charge on any atom is -0.335 e. The van der Waals surface area contributed by atoms with Gasteiger partial charge in [0.15, 0.2) is 0 Å². The van der Waals surface area contributed by atoms with Crippen LogP contribution in [0.3, 0.4) is 0 Å². The Morgan fingerprint density at radius 1 is 1.50 bits per heavy atom. The zero-order valence-electron chi connectivity index (χ0n) is 10.5. The lowest BCUT2D eigenvalue weighted by Crippen LogP contribution is -2.13. The number of aromatic nitrogens is 2. The lowest BCUT2D eigenvalue weighted by atomic mass is 10.2. The smallest absolute Gasteiger partial charge is 0.275 e. The molecular weight excluding hydrogens is 262 g/mol. The van der Waals surface area contributed by atoms with Gasteiger partial charge in [-0.05, 0) is 6.07 Å². The summed E-state index contributed by atoms with van der Waals surface area (Å²) in [6.07, 6.45) is 3.08. The average molecular weight is 275 g/mol. The van der Waals surface area contributed by atoms with E-state index >= 15 is 0 Å². The SMILES string of the molecule is NCCn1cnc(C(=O)Nc2cccc([N+](=O)[O-])c2)c1. The van der Waals surface area contributed by atoms with Crippen molar-refractivity contribution in [2.24, 2.45) is 5.73 Å². The fourth-order valence-corrected chi connectivity index (χ4v) is 1.64. The van der Waals surface area contributed by atoms with Crippen molar-refractivity contribution in [2.45, 2.75) is 6.54 Å². The number of carbonyl (C=O) groups excluding carboxylic acids is 1. The Labute approximate surface area is 114 Å². The normalized spacial score (nSPS) is 10.2. The second-order valence-electron chi connectivity index (χ2n) is 4.05. The Bertz CT molecular complexity index is 638. The second kappa shape index (κ2) is 5.93. The van der Waals surface area contributed by atoms with Crippen LogP contribution in [0.2, 0.25) is 0 Å². The van der Waals surface area contributed by atoms with Gasteiger partial charge >= 0.3 is 0 Å². The van der Waals surface area contributed by atoms with Gasteiger partial charge in [0.2, 0.25) is 0 Å². The van der Waals surface area contributed by atoms with Gasteiger partial charge < -0.3 is 15.6 Å². The molecule has 1 amide bonds. The molecule has 0 atom stereocenters. The molecule has 0 aliphatic carbocycles. The number of nitro benzene ring substituents is 1. The quantitative estimate of drug-likeness (QED) is 0.623. The number of imidazole rings is 1. The molecule has 1 heterocycles. The number of nitrogens with one attached hydrogen (secondary N) is 1. The van der Waals surface area contributed by atoms with Crippen LogP contribution in [0.1, 0.15) is 10.5 Å². The van der Waals surface area contributed by atoms with Crippen molar-refractivity contribution in [1.29, 1.82) is 0 Å². The first kappa shape index (κ1) is 13.7. The number of amides is 1. The van der Waals surface area contributed by atoms with Gasteiger partial charge in [0.25, 0.3) is 11.6 Å². The lowest BCUT2D eigenvalue weighted by molar-refractivity contribution is -0.384. The molecule has 0 bridgehead atoms. The molecule has 0 fully saturated rings. The van der Waals surface area contributed by atoms with Crippen LogP contribution in [0.15, 0.2) is 36.8 Å². The first-order valence-electron chi connectivity index (χ1n) is 5.88. The maximum absolute atomic E-state index is 11.9. The van der Waals surface area contributed by atoms with Crippen molar-refractivity contribution >= 4 is 17.3 Å².